The Labute approximate surface area is 146 Å². The molecule has 0 aliphatic rings. The van der Waals surface area contributed by atoms with Crippen LogP contribution in [-0.2, 0) is 0 Å². The monoisotopic (exact) mass is 330 g/mol. The van der Waals surface area contributed by atoms with Crippen LogP contribution in [0.15, 0.2) is 89.1 Å². The average molecular weight is 330 g/mol. The van der Waals surface area contributed by atoms with Crippen LogP contribution in [0.2, 0.25) is 0 Å². The van der Waals surface area contributed by atoms with Gasteiger partial charge in [0.1, 0.15) is 5.71 Å². The number of nitrogens with zero attached hydrogens (tertiary/aromatic N) is 2. The summed E-state index contributed by atoms with van der Waals surface area (Å²) < 4.78 is 5.10. The fraction of sp³-hybridized carbons (Fsp3) is 0.0476. The van der Waals surface area contributed by atoms with E-state index in [2.05, 4.69) is 10.2 Å². The largest absolute Gasteiger partial charge is 0.504 e. The normalized spacial score (nSPS) is 10.6. The van der Waals surface area contributed by atoms with Gasteiger partial charge >= 0.3 is 0 Å². The summed E-state index contributed by atoms with van der Waals surface area (Å²) in [6.45, 7) is 0. The maximum absolute atomic E-state index is 9.65. The molecule has 0 saturated carbocycles. The van der Waals surface area contributed by atoms with Crippen LogP contribution in [0.5, 0.6) is 11.5 Å². The zero-order chi connectivity index (χ0) is 17.5. The summed E-state index contributed by atoms with van der Waals surface area (Å²) in [5.41, 5.74) is 3.57. The number of rotatable bonds is 5. The molecule has 0 aliphatic heterocycles. The number of aromatic hydroxyl groups is 1. The van der Waals surface area contributed by atoms with Crippen LogP contribution in [0.1, 0.15) is 16.7 Å². The van der Waals surface area contributed by atoms with Crippen molar-refractivity contribution in [2.24, 2.45) is 10.2 Å². The van der Waals surface area contributed by atoms with Crippen LogP contribution >= 0.6 is 0 Å². The van der Waals surface area contributed by atoms with Crippen molar-refractivity contribution in [3.8, 4) is 11.5 Å². The van der Waals surface area contributed by atoms with E-state index in [4.69, 9.17) is 4.74 Å². The molecule has 0 atom stereocenters. The molecule has 1 N–H and O–H groups in total. The summed E-state index contributed by atoms with van der Waals surface area (Å²) in [6.07, 6.45) is 1.63. The molecule has 0 radical (unpaired) electrons. The molecule has 0 amide bonds. The zero-order valence-corrected chi connectivity index (χ0v) is 13.8. The number of phenols is 1. The second-order valence-corrected chi connectivity index (χ2v) is 5.36. The van der Waals surface area contributed by atoms with E-state index in [-0.39, 0.29) is 5.75 Å². The van der Waals surface area contributed by atoms with Crippen molar-refractivity contribution >= 4 is 11.9 Å². The van der Waals surface area contributed by atoms with E-state index in [1.165, 1.54) is 7.11 Å². The lowest BCUT2D eigenvalue weighted by Crippen LogP contribution is -2.02. The van der Waals surface area contributed by atoms with E-state index < -0.39 is 0 Å². The molecule has 0 bridgehead atoms. The number of hydrogen-bond acceptors (Lipinski definition) is 4. The molecule has 4 heteroatoms. The molecule has 0 saturated heterocycles. The van der Waals surface area contributed by atoms with Gasteiger partial charge in [0.2, 0.25) is 0 Å². The highest BCUT2D eigenvalue weighted by atomic mass is 16.5. The molecule has 3 aromatic carbocycles. The predicted octanol–water partition coefficient (Wildman–Crippen LogP) is 4.27. The minimum absolute atomic E-state index is 0.0948. The lowest BCUT2D eigenvalue weighted by atomic mass is 10.0. The number of methoxy groups -OCH3 is 1. The van der Waals surface area contributed by atoms with E-state index in [0.29, 0.717) is 5.75 Å². The molecule has 3 aromatic rings. The Morgan fingerprint density at radius 1 is 0.880 bits per heavy atom. The van der Waals surface area contributed by atoms with E-state index in [1.807, 2.05) is 60.7 Å². The highest BCUT2D eigenvalue weighted by Crippen LogP contribution is 2.25. The van der Waals surface area contributed by atoms with E-state index in [0.717, 1.165) is 22.4 Å². The summed E-state index contributed by atoms with van der Waals surface area (Å²) >= 11 is 0. The van der Waals surface area contributed by atoms with Crippen molar-refractivity contribution in [2.45, 2.75) is 0 Å². The molecule has 0 aromatic heterocycles. The molecule has 4 nitrogen and oxygen atoms in total. The minimum atomic E-state index is 0.0948. The number of benzene rings is 3. The van der Waals surface area contributed by atoms with Crippen LogP contribution in [0, 0.1) is 0 Å². The Morgan fingerprint density at radius 2 is 1.48 bits per heavy atom. The quantitative estimate of drug-likeness (QED) is 0.561. The van der Waals surface area contributed by atoms with Gasteiger partial charge in [0.05, 0.1) is 13.3 Å². The number of phenolic OH excluding ortho intramolecular Hbond substituents is 1. The van der Waals surface area contributed by atoms with Gasteiger partial charge in [-0.3, -0.25) is 0 Å². The Balaban J connectivity index is 1.94. The summed E-state index contributed by atoms with van der Waals surface area (Å²) in [4.78, 5) is 0. The topological polar surface area (TPSA) is 54.2 Å². The summed E-state index contributed by atoms with van der Waals surface area (Å²) in [7, 11) is 1.51. The Hall–Kier alpha value is -3.40. The second-order valence-electron chi connectivity index (χ2n) is 5.36. The predicted molar refractivity (Wildman–Crippen MR) is 101 cm³/mol. The van der Waals surface area contributed by atoms with Crippen LogP contribution < -0.4 is 4.74 Å². The van der Waals surface area contributed by atoms with Gasteiger partial charge in [-0.25, -0.2) is 0 Å². The van der Waals surface area contributed by atoms with Gasteiger partial charge in [-0.15, -0.1) is 5.10 Å². The van der Waals surface area contributed by atoms with Gasteiger partial charge in [-0.2, -0.15) is 5.10 Å². The van der Waals surface area contributed by atoms with Gasteiger partial charge < -0.3 is 9.84 Å². The van der Waals surface area contributed by atoms with Gasteiger partial charge in [0.15, 0.2) is 11.5 Å². The summed E-state index contributed by atoms with van der Waals surface area (Å²) in [5, 5.41) is 18.3. The molecule has 124 valence electrons. The van der Waals surface area contributed by atoms with Crippen molar-refractivity contribution in [3.63, 3.8) is 0 Å². The Morgan fingerprint density at radius 3 is 2.04 bits per heavy atom. The fourth-order valence-electron chi connectivity index (χ4n) is 2.40. The molecule has 25 heavy (non-hydrogen) atoms. The highest BCUT2D eigenvalue weighted by Gasteiger charge is 2.06. The third-order valence-corrected chi connectivity index (χ3v) is 3.66. The van der Waals surface area contributed by atoms with Gasteiger partial charge in [-0.05, 0) is 23.8 Å². The number of ether oxygens (including phenoxy) is 1. The fourth-order valence-corrected chi connectivity index (χ4v) is 2.40. The lowest BCUT2D eigenvalue weighted by Gasteiger charge is -2.05. The van der Waals surface area contributed by atoms with Gasteiger partial charge in [0, 0.05) is 11.1 Å². The first kappa shape index (κ1) is 16.5. The smallest absolute Gasteiger partial charge is 0.161 e. The maximum Gasteiger partial charge on any atom is 0.161 e. The second kappa shape index (κ2) is 7.93. The molecule has 0 unspecified atom stereocenters. The standard InChI is InChI=1S/C21H18N2O2/c1-25-20-14-16(12-13-19(20)24)15-22-23-21(17-8-4-2-5-9-17)18-10-6-3-7-11-18/h2-15,24H,1H3. The van der Waals surface area contributed by atoms with Crippen LogP contribution in [-0.4, -0.2) is 24.1 Å². The number of hydrogen-bond donors (Lipinski definition) is 1. The van der Waals surface area contributed by atoms with Crippen molar-refractivity contribution in [1.29, 1.82) is 0 Å². The first-order valence-corrected chi connectivity index (χ1v) is 7.87. The van der Waals surface area contributed by atoms with Gasteiger partial charge in [-0.1, -0.05) is 60.7 Å². The molecular formula is C21H18N2O2. The molecule has 3 rings (SSSR count). The summed E-state index contributed by atoms with van der Waals surface area (Å²) in [6, 6.07) is 24.9. The minimum Gasteiger partial charge on any atom is -0.504 e. The molecule has 0 aliphatic carbocycles. The van der Waals surface area contributed by atoms with E-state index in [9.17, 15) is 5.11 Å². The van der Waals surface area contributed by atoms with E-state index >= 15 is 0 Å². The average Bonchev–Trinajstić information content (AvgIpc) is 2.68. The van der Waals surface area contributed by atoms with Crippen LogP contribution in [0.3, 0.4) is 0 Å². The van der Waals surface area contributed by atoms with Crippen molar-refractivity contribution in [1.82, 2.24) is 0 Å². The third-order valence-electron chi connectivity index (χ3n) is 3.66. The molecule has 0 heterocycles. The molecule has 0 fully saturated rings. The van der Waals surface area contributed by atoms with Gasteiger partial charge in [0.25, 0.3) is 0 Å². The first-order valence-electron chi connectivity index (χ1n) is 7.87. The van der Waals surface area contributed by atoms with Crippen LogP contribution in [0.25, 0.3) is 0 Å². The SMILES string of the molecule is COc1cc(C=NN=C(c2ccccc2)c2ccccc2)ccc1O. The van der Waals surface area contributed by atoms with Crippen molar-refractivity contribution < 1.29 is 9.84 Å². The Bertz CT molecular complexity index is 847. The highest BCUT2D eigenvalue weighted by molar-refractivity contribution is 6.12. The third kappa shape index (κ3) is 4.12. The van der Waals surface area contributed by atoms with Crippen molar-refractivity contribution in [2.75, 3.05) is 7.11 Å². The van der Waals surface area contributed by atoms with E-state index in [1.54, 1.807) is 24.4 Å². The summed E-state index contributed by atoms with van der Waals surface area (Å²) in [5.74, 6) is 0.497. The van der Waals surface area contributed by atoms with Crippen LogP contribution in [0.4, 0.5) is 0 Å². The lowest BCUT2D eigenvalue weighted by molar-refractivity contribution is 0.373. The Kier molecular flexibility index (Phi) is 5.22. The first-order chi connectivity index (χ1) is 12.3. The molecule has 0 spiro atoms. The molecular weight excluding hydrogens is 312 g/mol. The maximum atomic E-state index is 9.65. The zero-order valence-electron chi connectivity index (χ0n) is 13.8. The van der Waals surface area contributed by atoms with Crippen molar-refractivity contribution in [3.05, 3.63) is 95.6 Å².